The first kappa shape index (κ1) is 29.5. The second kappa shape index (κ2) is 12.4. The van der Waals surface area contributed by atoms with Gasteiger partial charge >= 0.3 is 0 Å². The van der Waals surface area contributed by atoms with Gasteiger partial charge in [-0.05, 0) is 85.8 Å². The minimum absolute atomic E-state index is 0.0270. The largest absolute Gasteiger partial charge is 0.507 e. The molecular weight excluding hydrogens is 542 g/mol. The average Bonchev–Trinajstić information content (AvgIpc) is 3.24. The summed E-state index contributed by atoms with van der Waals surface area (Å²) < 4.78 is 11.6. The summed E-state index contributed by atoms with van der Waals surface area (Å²) in [6.07, 6.45) is 0. The quantitative estimate of drug-likeness (QED) is 0.127. The van der Waals surface area contributed by atoms with E-state index in [2.05, 4.69) is 0 Å². The molecule has 220 valence electrons. The van der Waals surface area contributed by atoms with Crippen LogP contribution in [0.25, 0.3) is 5.76 Å². The molecule has 1 atom stereocenters. The predicted molar refractivity (Wildman–Crippen MR) is 165 cm³/mol. The van der Waals surface area contributed by atoms with E-state index in [-0.39, 0.29) is 29.4 Å². The number of rotatable bonds is 9. The van der Waals surface area contributed by atoms with Crippen molar-refractivity contribution >= 4 is 17.4 Å². The topological polar surface area (TPSA) is 96.3 Å². The first-order chi connectivity index (χ1) is 20.7. The number of phenolic OH excluding ortho intramolecular Hbond substituents is 1. The van der Waals surface area contributed by atoms with Crippen molar-refractivity contribution in [1.29, 1.82) is 0 Å². The summed E-state index contributed by atoms with van der Waals surface area (Å²) >= 11 is 0. The van der Waals surface area contributed by atoms with E-state index in [4.69, 9.17) is 9.47 Å². The summed E-state index contributed by atoms with van der Waals surface area (Å²) in [5.74, 6) is -0.950. The van der Waals surface area contributed by atoms with E-state index in [1.54, 1.807) is 37.3 Å². The highest BCUT2D eigenvalue weighted by Gasteiger charge is 2.46. The molecule has 4 aromatic carbocycles. The van der Waals surface area contributed by atoms with Crippen LogP contribution in [0.3, 0.4) is 0 Å². The van der Waals surface area contributed by atoms with Crippen LogP contribution in [-0.2, 0) is 22.7 Å². The van der Waals surface area contributed by atoms with Gasteiger partial charge in [-0.25, -0.2) is 0 Å². The second-order valence-electron chi connectivity index (χ2n) is 10.8. The molecule has 1 heterocycles. The Hall–Kier alpha value is -5.04. The molecule has 1 saturated heterocycles. The molecule has 2 N–H and O–H groups in total. The molecule has 1 aliphatic heterocycles. The van der Waals surface area contributed by atoms with Crippen LogP contribution in [-0.4, -0.2) is 33.4 Å². The molecule has 5 rings (SSSR count). The first-order valence-electron chi connectivity index (χ1n) is 14.3. The van der Waals surface area contributed by atoms with E-state index in [1.165, 1.54) is 11.0 Å². The third-order valence-electron chi connectivity index (χ3n) is 7.67. The van der Waals surface area contributed by atoms with Crippen molar-refractivity contribution in [3.05, 3.63) is 129 Å². The van der Waals surface area contributed by atoms with Gasteiger partial charge in [0, 0.05) is 12.1 Å². The zero-order chi connectivity index (χ0) is 30.7. The Labute approximate surface area is 251 Å². The van der Waals surface area contributed by atoms with Crippen molar-refractivity contribution in [3.8, 4) is 17.2 Å². The van der Waals surface area contributed by atoms with Gasteiger partial charge in [-0.15, -0.1) is 0 Å². The Kier molecular flexibility index (Phi) is 8.53. The number of nitrogens with zero attached hydrogens (tertiary/aromatic N) is 1. The Morgan fingerprint density at radius 2 is 1.60 bits per heavy atom. The van der Waals surface area contributed by atoms with Crippen LogP contribution in [0.1, 0.15) is 51.9 Å². The van der Waals surface area contributed by atoms with Crippen molar-refractivity contribution in [3.63, 3.8) is 0 Å². The predicted octanol–water partition coefficient (Wildman–Crippen LogP) is 6.92. The van der Waals surface area contributed by atoms with Gasteiger partial charge in [0.2, 0.25) is 0 Å². The fourth-order valence-corrected chi connectivity index (χ4v) is 5.37. The molecule has 1 unspecified atom stereocenters. The summed E-state index contributed by atoms with van der Waals surface area (Å²) in [4.78, 5) is 28.7. The van der Waals surface area contributed by atoms with Crippen molar-refractivity contribution in [1.82, 2.24) is 4.90 Å². The number of benzene rings is 4. The van der Waals surface area contributed by atoms with Gasteiger partial charge in [-0.3, -0.25) is 9.59 Å². The molecule has 0 saturated carbocycles. The summed E-state index contributed by atoms with van der Waals surface area (Å²) in [6.45, 7) is 8.46. The van der Waals surface area contributed by atoms with E-state index in [0.29, 0.717) is 30.1 Å². The Morgan fingerprint density at radius 3 is 2.33 bits per heavy atom. The lowest BCUT2D eigenvalue weighted by molar-refractivity contribution is -0.140. The lowest BCUT2D eigenvalue weighted by Crippen LogP contribution is -2.29. The highest BCUT2D eigenvalue weighted by atomic mass is 16.5. The summed E-state index contributed by atoms with van der Waals surface area (Å²) in [7, 11) is 0. The van der Waals surface area contributed by atoms with Crippen molar-refractivity contribution in [2.45, 2.75) is 46.9 Å². The number of ether oxygens (including phenoxy) is 2. The summed E-state index contributed by atoms with van der Waals surface area (Å²) in [5, 5.41) is 22.0. The van der Waals surface area contributed by atoms with Gasteiger partial charge in [0.1, 0.15) is 18.1 Å². The van der Waals surface area contributed by atoms with Gasteiger partial charge < -0.3 is 24.6 Å². The minimum atomic E-state index is -0.908. The van der Waals surface area contributed by atoms with Crippen LogP contribution in [0.15, 0.2) is 90.5 Å². The zero-order valence-electron chi connectivity index (χ0n) is 24.8. The Balaban J connectivity index is 1.57. The van der Waals surface area contributed by atoms with E-state index in [0.717, 1.165) is 27.8 Å². The number of hydrogen-bond donors (Lipinski definition) is 2. The number of aryl methyl sites for hydroxylation is 3. The molecule has 1 aliphatic rings. The van der Waals surface area contributed by atoms with Gasteiger partial charge in [0.25, 0.3) is 11.7 Å². The number of ketones is 1. The van der Waals surface area contributed by atoms with Crippen LogP contribution in [0.5, 0.6) is 17.2 Å². The number of aliphatic hydroxyl groups excluding tert-OH is 1. The Morgan fingerprint density at radius 1 is 0.837 bits per heavy atom. The molecule has 1 amide bonds. The van der Waals surface area contributed by atoms with Crippen molar-refractivity contribution in [2.24, 2.45) is 0 Å². The molecule has 1 fully saturated rings. The van der Waals surface area contributed by atoms with Gasteiger partial charge in [0.15, 0.2) is 11.5 Å². The van der Waals surface area contributed by atoms with Crippen LogP contribution in [0, 0.1) is 20.8 Å². The summed E-state index contributed by atoms with van der Waals surface area (Å²) in [5.41, 5.74) is 5.60. The number of hydrogen-bond acceptors (Lipinski definition) is 6. The number of aliphatic hydroxyl groups is 1. The number of amides is 1. The number of likely N-dealkylation sites (tertiary alicyclic amines) is 1. The Bertz CT molecular complexity index is 1710. The maximum atomic E-state index is 13.6. The normalized spacial score (nSPS) is 16.0. The molecule has 7 nitrogen and oxygen atoms in total. The van der Waals surface area contributed by atoms with E-state index >= 15 is 0 Å². The van der Waals surface area contributed by atoms with Gasteiger partial charge in [-0.2, -0.15) is 0 Å². The van der Waals surface area contributed by atoms with Crippen molar-refractivity contribution in [2.75, 3.05) is 6.61 Å². The van der Waals surface area contributed by atoms with E-state index in [9.17, 15) is 19.8 Å². The maximum Gasteiger partial charge on any atom is 0.295 e. The van der Waals surface area contributed by atoms with Crippen LogP contribution >= 0.6 is 0 Å². The van der Waals surface area contributed by atoms with E-state index in [1.807, 2.05) is 69.3 Å². The number of Topliss-reactive ketones (excluding diaryl/α,β-unsaturated/α-hetero) is 1. The molecular formula is C36H35NO6. The average molecular weight is 578 g/mol. The van der Waals surface area contributed by atoms with Crippen LogP contribution in [0.4, 0.5) is 0 Å². The SMILES string of the molecule is CCOc1cc(C2/C(=C(/O)c3ccc(OCc4ccccc4)c(C)c3)C(=O)C(=O)N2Cc2cc(C)ccc2C)ccc1O. The number of carbonyl (C=O) groups is 2. The fraction of sp³-hybridized carbons (Fsp3) is 0.222. The third kappa shape index (κ3) is 6.11. The number of phenols is 1. The number of aromatic hydroxyl groups is 1. The molecule has 0 radical (unpaired) electrons. The standard InChI is InChI=1S/C36H35NO6/c1-5-42-31-19-26(13-15-29(31)38)33-32(35(40)36(41)37(33)20-28-17-22(2)11-12-23(28)3)34(39)27-14-16-30(24(4)18-27)43-21-25-9-7-6-8-10-25/h6-19,33,38-39H,5,20-21H2,1-4H3/b34-32-. The van der Waals surface area contributed by atoms with Gasteiger partial charge in [0.05, 0.1) is 18.2 Å². The minimum Gasteiger partial charge on any atom is -0.507 e. The molecule has 0 spiro atoms. The first-order valence-corrected chi connectivity index (χ1v) is 14.3. The zero-order valence-corrected chi connectivity index (χ0v) is 24.8. The van der Waals surface area contributed by atoms with Crippen LogP contribution in [0.2, 0.25) is 0 Å². The van der Waals surface area contributed by atoms with Crippen molar-refractivity contribution < 1.29 is 29.3 Å². The molecule has 4 aromatic rings. The molecule has 0 aliphatic carbocycles. The third-order valence-corrected chi connectivity index (χ3v) is 7.67. The highest BCUT2D eigenvalue weighted by molar-refractivity contribution is 6.46. The molecule has 43 heavy (non-hydrogen) atoms. The monoisotopic (exact) mass is 577 g/mol. The molecule has 0 bridgehead atoms. The lowest BCUT2D eigenvalue weighted by atomic mass is 9.94. The lowest BCUT2D eigenvalue weighted by Gasteiger charge is -2.27. The number of carbonyl (C=O) groups excluding carboxylic acids is 2. The van der Waals surface area contributed by atoms with E-state index < -0.39 is 17.7 Å². The molecule has 7 heteroatoms. The smallest absolute Gasteiger partial charge is 0.295 e. The molecule has 0 aromatic heterocycles. The van der Waals surface area contributed by atoms with Gasteiger partial charge in [-0.1, -0.05) is 60.2 Å². The second-order valence-corrected chi connectivity index (χ2v) is 10.8. The van der Waals surface area contributed by atoms with Crippen LogP contribution < -0.4 is 9.47 Å². The highest BCUT2D eigenvalue weighted by Crippen LogP contribution is 2.43. The fourth-order valence-electron chi connectivity index (χ4n) is 5.37. The summed E-state index contributed by atoms with van der Waals surface area (Å²) in [6, 6.07) is 24.8. The maximum absolute atomic E-state index is 13.6.